The number of hydrogen-bond donors (Lipinski definition) is 7. The van der Waals surface area contributed by atoms with Gasteiger partial charge in [-0.3, -0.25) is 28.8 Å². The quantitative estimate of drug-likeness (QED) is 0.117. The SMILES string of the molecule is CC(C)C[C@H](NC(=O)[C@@H](N)CC(=O)O)C(=O)N1CCC[C@H]1C(=O)N[C@@H](CCC(=O)O)C(=O)N[C@@H](Cc1ccccc1)C(=O)O. The molecule has 4 amide bonds. The van der Waals surface area contributed by atoms with E-state index in [9.17, 15) is 43.8 Å². The summed E-state index contributed by atoms with van der Waals surface area (Å²) < 4.78 is 0. The molecule has 1 fully saturated rings. The number of nitrogens with one attached hydrogen (secondary N) is 3. The van der Waals surface area contributed by atoms with Crippen LogP contribution >= 0.6 is 0 Å². The largest absolute Gasteiger partial charge is 0.481 e. The first kappa shape index (κ1) is 35.7. The molecule has 1 saturated heterocycles. The lowest BCUT2D eigenvalue weighted by molar-refractivity contribution is -0.144. The molecule has 242 valence electrons. The van der Waals surface area contributed by atoms with Crippen molar-refractivity contribution in [1.29, 1.82) is 0 Å². The Labute approximate surface area is 254 Å². The fraction of sp³-hybridized carbons (Fsp3) is 0.552. The van der Waals surface area contributed by atoms with E-state index in [1.54, 1.807) is 30.3 Å². The summed E-state index contributed by atoms with van der Waals surface area (Å²) in [5.74, 6) is -6.97. The molecular weight excluding hydrogens is 578 g/mol. The Morgan fingerprint density at radius 3 is 2.09 bits per heavy atom. The number of carbonyl (C=O) groups is 7. The number of nitrogens with two attached hydrogens (primary N) is 1. The smallest absolute Gasteiger partial charge is 0.326 e. The standard InChI is InChI=1S/C29H41N5O10/c1-16(2)13-20(32-25(39)18(30)15-24(37)38)28(42)34-12-6-9-22(34)27(41)31-19(10-11-23(35)36)26(40)33-21(29(43)44)14-17-7-4-3-5-8-17/h3-5,7-8,16,18-22H,6,9-15,30H2,1-2H3,(H,31,41)(H,32,39)(H,33,40)(H,35,36)(H,37,38)(H,43,44)/t18-,19-,20-,21-,22-/m0/s1. The zero-order valence-corrected chi connectivity index (χ0v) is 24.7. The van der Waals surface area contributed by atoms with Gasteiger partial charge in [0.1, 0.15) is 24.2 Å². The first-order chi connectivity index (χ1) is 20.7. The van der Waals surface area contributed by atoms with E-state index >= 15 is 0 Å². The van der Waals surface area contributed by atoms with E-state index in [4.69, 9.17) is 10.8 Å². The molecule has 1 aliphatic rings. The van der Waals surface area contributed by atoms with Gasteiger partial charge < -0.3 is 41.9 Å². The van der Waals surface area contributed by atoms with Crippen LogP contribution in [0.3, 0.4) is 0 Å². The fourth-order valence-electron chi connectivity index (χ4n) is 4.88. The molecule has 0 aliphatic carbocycles. The molecule has 0 bridgehead atoms. The van der Waals surface area contributed by atoms with Crippen LogP contribution in [0.2, 0.25) is 0 Å². The number of nitrogens with zero attached hydrogens (tertiary/aromatic N) is 1. The highest BCUT2D eigenvalue weighted by atomic mass is 16.4. The number of benzene rings is 1. The second-order valence-corrected chi connectivity index (χ2v) is 11.2. The van der Waals surface area contributed by atoms with Gasteiger partial charge in [-0.15, -0.1) is 0 Å². The lowest BCUT2D eigenvalue weighted by Crippen LogP contribution is -2.58. The van der Waals surface area contributed by atoms with E-state index in [0.29, 0.717) is 12.0 Å². The molecule has 44 heavy (non-hydrogen) atoms. The Kier molecular flexibility index (Phi) is 13.7. The molecule has 0 unspecified atom stereocenters. The molecule has 1 aliphatic heterocycles. The predicted octanol–water partition coefficient (Wildman–Crippen LogP) is -0.528. The molecule has 15 heteroatoms. The number of hydrogen-bond acceptors (Lipinski definition) is 8. The number of carbonyl (C=O) groups excluding carboxylic acids is 4. The van der Waals surface area contributed by atoms with E-state index in [2.05, 4.69) is 16.0 Å². The topological polar surface area (TPSA) is 246 Å². The van der Waals surface area contributed by atoms with E-state index in [-0.39, 0.29) is 38.1 Å². The Hall–Kier alpha value is -4.53. The van der Waals surface area contributed by atoms with Crippen LogP contribution in [-0.4, -0.2) is 98.5 Å². The monoisotopic (exact) mass is 619 g/mol. The summed E-state index contributed by atoms with van der Waals surface area (Å²) in [4.78, 5) is 88.0. The molecule has 15 nitrogen and oxygen atoms in total. The van der Waals surface area contributed by atoms with Gasteiger partial charge in [0.2, 0.25) is 23.6 Å². The molecule has 1 heterocycles. The minimum absolute atomic E-state index is 0.0501. The van der Waals surface area contributed by atoms with Gasteiger partial charge in [0.25, 0.3) is 0 Å². The molecule has 0 radical (unpaired) electrons. The highest BCUT2D eigenvalue weighted by Gasteiger charge is 2.39. The minimum atomic E-state index is -1.41. The number of amides is 4. The minimum Gasteiger partial charge on any atom is -0.481 e. The maximum Gasteiger partial charge on any atom is 0.326 e. The predicted molar refractivity (Wildman–Crippen MR) is 155 cm³/mol. The van der Waals surface area contributed by atoms with Crippen LogP contribution in [0.4, 0.5) is 0 Å². The van der Waals surface area contributed by atoms with Gasteiger partial charge in [-0.1, -0.05) is 44.2 Å². The van der Waals surface area contributed by atoms with Gasteiger partial charge in [-0.25, -0.2) is 4.79 Å². The Morgan fingerprint density at radius 1 is 0.886 bits per heavy atom. The van der Waals surface area contributed by atoms with Gasteiger partial charge in [-0.2, -0.15) is 0 Å². The Balaban J connectivity index is 2.20. The summed E-state index contributed by atoms with van der Waals surface area (Å²) in [6.07, 6.45) is -0.703. The van der Waals surface area contributed by atoms with Gasteiger partial charge in [-0.05, 0) is 37.2 Å². The third kappa shape index (κ3) is 11.3. The zero-order valence-electron chi connectivity index (χ0n) is 24.7. The normalized spacial score (nSPS) is 17.2. The van der Waals surface area contributed by atoms with Crippen molar-refractivity contribution in [2.24, 2.45) is 11.7 Å². The van der Waals surface area contributed by atoms with Crippen molar-refractivity contribution in [3.8, 4) is 0 Å². The summed E-state index contributed by atoms with van der Waals surface area (Å²) >= 11 is 0. The van der Waals surface area contributed by atoms with Crippen LogP contribution in [-0.2, 0) is 40.0 Å². The average molecular weight is 620 g/mol. The Bertz CT molecular complexity index is 1210. The van der Waals surface area contributed by atoms with Crippen molar-refractivity contribution in [1.82, 2.24) is 20.9 Å². The lowest BCUT2D eigenvalue weighted by atomic mass is 10.0. The molecule has 0 saturated carbocycles. The second-order valence-electron chi connectivity index (χ2n) is 11.2. The van der Waals surface area contributed by atoms with E-state index in [1.165, 1.54) is 4.90 Å². The van der Waals surface area contributed by atoms with Gasteiger partial charge in [0.05, 0.1) is 12.5 Å². The number of likely N-dealkylation sites (tertiary alicyclic amines) is 1. The van der Waals surface area contributed by atoms with Gasteiger partial charge in [0, 0.05) is 19.4 Å². The highest BCUT2D eigenvalue weighted by molar-refractivity contribution is 5.96. The maximum atomic E-state index is 13.6. The van der Waals surface area contributed by atoms with Crippen molar-refractivity contribution in [2.75, 3.05) is 6.54 Å². The maximum absolute atomic E-state index is 13.6. The summed E-state index contributed by atoms with van der Waals surface area (Å²) in [6, 6.07) is 2.23. The lowest BCUT2D eigenvalue weighted by Gasteiger charge is -2.31. The van der Waals surface area contributed by atoms with Crippen molar-refractivity contribution < 1.29 is 48.9 Å². The van der Waals surface area contributed by atoms with Gasteiger partial charge >= 0.3 is 17.9 Å². The van der Waals surface area contributed by atoms with Crippen LogP contribution in [0.25, 0.3) is 0 Å². The summed E-state index contributed by atoms with van der Waals surface area (Å²) in [5, 5.41) is 35.2. The van der Waals surface area contributed by atoms with Crippen LogP contribution in [0.15, 0.2) is 30.3 Å². The number of aliphatic carboxylic acids is 3. The molecule has 1 aromatic carbocycles. The van der Waals surface area contributed by atoms with Crippen LogP contribution in [0.1, 0.15) is 57.9 Å². The summed E-state index contributed by atoms with van der Waals surface area (Å²) in [6.45, 7) is 3.78. The highest BCUT2D eigenvalue weighted by Crippen LogP contribution is 2.21. The molecular formula is C29H41N5O10. The average Bonchev–Trinajstić information content (AvgIpc) is 3.44. The second kappa shape index (κ2) is 16.9. The molecule has 5 atom stereocenters. The molecule has 1 aromatic rings. The van der Waals surface area contributed by atoms with Gasteiger partial charge in [0.15, 0.2) is 0 Å². The first-order valence-electron chi connectivity index (χ1n) is 14.4. The third-order valence-corrected chi connectivity index (χ3v) is 7.07. The molecule has 0 aromatic heterocycles. The van der Waals surface area contributed by atoms with Crippen molar-refractivity contribution >= 4 is 41.5 Å². The van der Waals surface area contributed by atoms with Crippen molar-refractivity contribution in [2.45, 2.75) is 89.0 Å². The molecule has 0 spiro atoms. The Morgan fingerprint density at radius 2 is 1.52 bits per heavy atom. The number of carboxylic acids is 3. The van der Waals surface area contributed by atoms with Crippen molar-refractivity contribution in [3.05, 3.63) is 35.9 Å². The first-order valence-corrected chi connectivity index (χ1v) is 14.4. The van der Waals surface area contributed by atoms with E-state index in [1.807, 2.05) is 13.8 Å². The van der Waals surface area contributed by atoms with E-state index in [0.717, 1.165) is 0 Å². The van der Waals surface area contributed by atoms with Crippen molar-refractivity contribution in [3.63, 3.8) is 0 Å². The molecule has 2 rings (SSSR count). The summed E-state index contributed by atoms with van der Waals surface area (Å²) in [7, 11) is 0. The fourth-order valence-corrected chi connectivity index (χ4v) is 4.88. The van der Waals surface area contributed by atoms with Crippen LogP contribution < -0.4 is 21.7 Å². The summed E-state index contributed by atoms with van der Waals surface area (Å²) in [5.41, 5.74) is 6.29. The van der Waals surface area contributed by atoms with Crippen LogP contribution in [0, 0.1) is 5.92 Å². The van der Waals surface area contributed by atoms with Crippen LogP contribution in [0.5, 0.6) is 0 Å². The zero-order chi connectivity index (χ0) is 33.0. The van der Waals surface area contributed by atoms with E-state index < -0.39 is 84.6 Å². The number of rotatable bonds is 17. The molecule has 8 N–H and O–H groups in total. The third-order valence-electron chi connectivity index (χ3n) is 7.07. The number of carboxylic acid groups (broad SMARTS) is 3.